The lowest BCUT2D eigenvalue weighted by atomic mass is 9.27. The summed E-state index contributed by atoms with van der Waals surface area (Å²) in [5, 5.41) is -1.38. The van der Waals surface area contributed by atoms with E-state index in [2.05, 4.69) is 0 Å². The van der Waals surface area contributed by atoms with Crippen LogP contribution in [-0.4, -0.2) is 21.3 Å². The quantitative estimate of drug-likeness (QED) is 0.640. The van der Waals surface area contributed by atoms with Gasteiger partial charge in [0.2, 0.25) is 0 Å². The second kappa shape index (κ2) is 4.30. The standard InChI is InChI=1S/C11H20B2F3/c1-7-8(2,3)10(12,13-6)9(4,5)11(14,15)16/h7H2,1-6H3. The van der Waals surface area contributed by atoms with E-state index in [4.69, 9.17) is 7.85 Å². The zero-order valence-corrected chi connectivity index (χ0v) is 11.0. The number of halogens is 3. The van der Waals surface area contributed by atoms with Crippen LogP contribution in [0.2, 0.25) is 12.0 Å². The predicted octanol–water partition coefficient (Wildman–Crippen LogP) is 4.05. The van der Waals surface area contributed by atoms with Gasteiger partial charge in [-0.3, -0.25) is 0 Å². The Hall–Kier alpha value is -0.0801. The fraction of sp³-hybridized carbons (Fsp3) is 1.00. The van der Waals surface area contributed by atoms with E-state index in [9.17, 15) is 13.2 Å². The van der Waals surface area contributed by atoms with Crippen LogP contribution in [0.3, 0.4) is 0 Å². The first-order valence-corrected chi connectivity index (χ1v) is 5.53. The highest BCUT2D eigenvalue weighted by Crippen LogP contribution is 2.62. The molecule has 0 bridgehead atoms. The molecular weight excluding hydrogens is 211 g/mol. The van der Waals surface area contributed by atoms with E-state index in [-0.39, 0.29) is 0 Å². The maximum atomic E-state index is 13.1. The molecule has 0 aliphatic carbocycles. The first-order chi connectivity index (χ1) is 6.87. The third-order valence-corrected chi connectivity index (χ3v) is 4.20. The van der Waals surface area contributed by atoms with Gasteiger partial charge in [-0.05, 0) is 5.41 Å². The van der Waals surface area contributed by atoms with Gasteiger partial charge in [0, 0.05) is 0 Å². The zero-order chi connectivity index (χ0) is 13.4. The minimum absolute atomic E-state index is 0.591. The van der Waals surface area contributed by atoms with Gasteiger partial charge in [-0.15, -0.1) is 0 Å². The van der Waals surface area contributed by atoms with Gasteiger partial charge in [-0.25, -0.2) is 0 Å². The maximum absolute atomic E-state index is 13.1. The average molecular weight is 231 g/mol. The largest absolute Gasteiger partial charge is 0.393 e. The molecule has 0 aromatic heterocycles. The number of hydrogen-bond acceptors (Lipinski definition) is 0. The molecule has 5 heteroatoms. The minimum Gasteiger partial charge on any atom is -0.171 e. The molecule has 0 fully saturated rings. The van der Waals surface area contributed by atoms with Crippen LogP contribution in [0, 0.1) is 10.8 Å². The van der Waals surface area contributed by atoms with Crippen LogP contribution in [0.1, 0.15) is 41.0 Å². The summed E-state index contributed by atoms with van der Waals surface area (Å²) in [6.07, 6.45) is -3.73. The van der Waals surface area contributed by atoms with Crippen LogP contribution in [0.25, 0.3) is 0 Å². The van der Waals surface area contributed by atoms with E-state index in [1.807, 2.05) is 6.92 Å². The van der Waals surface area contributed by atoms with Gasteiger partial charge in [0.25, 0.3) is 0 Å². The lowest BCUT2D eigenvalue weighted by Gasteiger charge is -2.55. The molecule has 0 heterocycles. The maximum Gasteiger partial charge on any atom is 0.393 e. The first-order valence-electron chi connectivity index (χ1n) is 5.53. The Labute approximate surface area is 99.0 Å². The summed E-state index contributed by atoms with van der Waals surface area (Å²) < 4.78 is 39.2. The molecule has 1 unspecified atom stereocenters. The van der Waals surface area contributed by atoms with Crippen LogP contribution in [0.4, 0.5) is 13.2 Å². The molecule has 0 saturated carbocycles. The van der Waals surface area contributed by atoms with Crippen molar-refractivity contribution in [2.75, 3.05) is 0 Å². The highest BCUT2D eigenvalue weighted by molar-refractivity contribution is 6.53. The molecular formula is C11H20B2F3. The van der Waals surface area contributed by atoms with Gasteiger partial charge < -0.3 is 0 Å². The Kier molecular flexibility index (Phi) is 4.28. The van der Waals surface area contributed by atoms with Crippen molar-refractivity contribution in [3.8, 4) is 0 Å². The molecule has 91 valence electrons. The van der Waals surface area contributed by atoms with Gasteiger partial charge in [0.05, 0.1) is 13.3 Å². The molecule has 0 aromatic rings. The summed E-state index contributed by atoms with van der Waals surface area (Å²) in [6.45, 7) is 9.36. The van der Waals surface area contributed by atoms with E-state index in [1.165, 1.54) is 21.1 Å². The van der Waals surface area contributed by atoms with Crippen molar-refractivity contribution in [1.29, 1.82) is 0 Å². The van der Waals surface area contributed by atoms with E-state index < -0.39 is 22.2 Å². The molecule has 0 spiro atoms. The van der Waals surface area contributed by atoms with Gasteiger partial charge in [-0.1, -0.05) is 53.1 Å². The molecule has 0 rings (SSSR count). The highest BCUT2D eigenvalue weighted by Gasteiger charge is 2.61. The van der Waals surface area contributed by atoms with Crippen LogP contribution >= 0.6 is 0 Å². The van der Waals surface area contributed by atoms with Gasteiger partial charge in [-0.2, -0.15) is 13.2 Å². The van der Waals surface area contributed by atoms with Crippen molar-refractivity contribution in [2.24, 2.45) is 10.8 Å². The van der Waals surface area contributed by atoms with Crippen molar-refractivity contribution in [3.05, 3.63) is 0 Å². The second-order valence-electron chi connectivity index (χ2n) is 5.52. The van der Waals surface area contributed by atoms with Crippen LogP contribution in [0.15, 0.2) is 0 Å². The highest BCUT2D eigenvalue weighted by atomic mass is 19.4. The van der Waals surface area contributed by atoms with Gasteiger partial charge >= 0.3 is 6.18 Å². The molecule has 1 atom stereocenters. The Morgan fingerprint density at radius 1 is 1.06 bits per heavy atom. The fourth-order valence-corrected chi connectivity index (χ4v) is 2.12. The third-order valence-electron chi connectivity index (χ3n) is 4.20. The third kappa shape index (κ3) is 2.14. The molecule has 0 nitrogen and oxygen atoms in total. The smallest absolute Gasteiger partial charge is 0.171 e. The molecule has 0 N–H and O–H groups in total. The lowest BCUT2D eigenvalue weighted by Crippen LogP contribution is -2.53. The molecule has 0 saturated heterocycles. The summed E-state index contributed by atoms with van der Waals surface area (Å²) in [4.78, 5) is 0. The van der Waals surface area contributed by atoms with E-state index >= 15 is 0 Å². The van der Waals surface area contributed by atoms with Crippen molar-refractivity contribution in [3.63, 3.8) is 0 Å². The normalized spacial score (nSPS) is 18.1. The van der Waals surface area contributed by atoms with E-state index in [0.29, 0.717) is 6.42 Å². The van der Waals surface area contributed by atoms with Crippen molar-refractivity contribution in [1.82, 2.24) is 0 Å². The summed E-state index contributed by atoms with van der Waals surface area (Å²) >= 11 is 0. The SMILES string of the molecule is [B]C([B]C)(C(C)(C)CC)C(C)(C)C(F)(F)F. The minimum atomic E-state index is -4.32. The molecule has 3 radical (unpaired) electrons. The summed E-state index contributed by atoms with van der Waals surface area (Å²) in [5.74, 6) is 0. The van der Waals surface area contributed by atoms with Crippen LogP contribution < -0.4 is 0 Å². The van der Waals surface area contributed by atoms with Crippen molar-refractivity contribution < 1.29 is 13.2 Å². The average Bonchev–Trinajstić information content (AvgIpc) is 2.14. The zero-order valence-electron chi connectivity index (χ0n) is 11.0. The molecule has 0 aliphatic heterocycles. The van der Waals surface area contributed by atoms with E-state index in [1.54, 1.807) is 20.7 Å². The monoisotopic (exact) mass is 231 g/mol. The molecule has 0 aromatic carbocycles. The Balaban J connectivity index is 5.60. The molecule has 16 heavy (non-hydrogen) atoms. The molecule has 0 amide bonds. The number of rotatable bonds is 4. The second-order valence-corrected chi connectivity index (χ2v) is 5.52. The topological polar surface area (TPSA) is 0 Å². The predicted molar refractivity (Wildman–Crippen MR) is 64.0 cm³/mol. The van der Waals surface area contributed by atoms with Crippen molar-refractivity contribution in [2.45, 2.75) is 59.3 Å². The summed E-state index contributed by atoms with van der Waals surface area (Å²) in [5.41, 5.74) is -2.56. The number of alkyl halides is 3. The van der Waals surface area contributed by atoms with Crippen LogP contribution in [-0.2, 0) is 0 Å². The number of hydrogen-bond donors (Lipinski definition) is 0. The Morgan fingerprint density at radius 2 is 1.44 bits per heavy atom. The lowest BCUT2D eigenvalue weighted by molar-refractivity contribution is -0.226. The fourth-order valence-electron chi connectivity index (χ4n) is 2.12. The summed E-state index contributed by atoms with van der Waals surface area (Å²) in [6, 6.07) is 0. The Bertz CT molecular complexity index is 246. The summed E-state index contributed by atoms with van der Waals surface area (Å²) in [7, 11) is 7.56. The van der Waals surface area contributed by atoms with Gasteiger partial charge in [0.1, 0.15) is 7.28 Å². The first kappa shape index (κ1) is 15.9. The Morgan fingerprint density at radius 3 is 1.62 bits per heavy atom. The molecule has 0 aliphatic rings. The van der Waals surface area contributed by atoms with Gasteiger partial charge in [0.15, 0.2) is 0 Å². The van der Waals surface area contributed by atoms with Crippen molar-refractivity contribution >= 4 is 15.1 Å². The van der Waals surface area contributed by atoms with Crippen LogP contribution in [0.5, 0.6) is 0 Å². The van der Waals surface area contributed by atoms with E-state index in [0.717, 1.165) is 0 Å².